The Morgan fingerprint density at radius 2 is 2.04 bits per heavy atom. The van der Waals surface area contributed by atoms with Crippen molar-refractivity contribution in [3.63, 3.8) is 0 Å². The summed E-state index contributed by atoms with van der Waals surface area (Å²) < 4.78 is 5.31. The second-order valence-electron chi connectivity index (χ2n) is 6.71. The molecule has 2 fully saturated rings. The number of carbonyl (C=O) groups excluding carboxylic acids is 3. The van der Waals surface area contributed by atoms with Crippen LogP contribution in [-0.2, 0) is 9.59 Å². The highest BCUT2D eigenvalue weighted by atomic mass is 35.5. The summed E-state index contributed by atoms with van der Waals surface area (Å²) in [4.78, 5) is 36.9. The molecule has 1 aliphatic carbocycles. The fourth-order valence-corrected chi connectivity index (χ4v) is 3.56. The number of imide groups is 1. The summed E-state index contributed by atoms with van der Waals surface area (Å²) in [6, 6.07) is 4.16. The number of hydrogen-bond donors (Lipinski definition) is 2. The topological polar surface area (TPSA) is 87.7 Å². The van der Waals surface area contributed by atoms with Gasteiger partial charge >= 0.3 is 6.03 Å². The van der Waals surface area contributed by atoms with Crippen molar-refractivity contribution < 1.29 is 19.1 Å². The molecule has 1 aromatic carbocycles. The Labute approximate surface area is 160 Å². The lowest BCUT2D eigenvalue weighted by Crippen LogP contribution is -2.52. The molecule has 7 nitrogen and oxygen atoms in total. The second kappa shape index (κ2) is 7.32. The van der Waals surface area contributed by atoms with Gasteiger partial charge in [-0.2, -0.15) is 5.01 Å². The van der Waals surface area contributed by atoms with Gasteiger partial charge in [0, 0.05) is 0 Å². The van der Waals surface area contributed by atoms with Crippen molar-refractivity contribution in [2.45, 2.75) is 38.1 Å². The summed E-state index contributed by atoms with van der Waals surface area (Å²) in [5.41, 5.74) is 1.39. The molecule has 3 rings (SSSR count). The van der Waals surface area contributed by atoms with E-state index in [0.29, 0.717) is 23.8 Å². The minimum atomic E-state index is -0.909. The van der Waals surface area contributed by atoms with Gasteiger partial charge in [0.2, 0.25) is 0 Å². The van der Waals surface area contributed by atoms with Gasteiger partial charge in [-0.15, -0.1) is 0 Å². The number of hydrazine groups is 1. The van der Waals surface area contributed by atoms with Crippen molar-refractivity contribution in [3.05, 3.63) is 28.2 Å². The largest absolute Gasteiger partial charge is 0.482 e. The monoisotopic (exact) mass is 399 g/mol. The number of hydrogen-bond acceptors (Lipinski definition) is 4. The van der Waals surface area contributed by atoms with Crippen LogP contribution in [0.5, 0.6) is 5.75 Å². The third kappa shape index (κ3) is 3.59. The van der Waals surface area contributed by atoms with Crippen molar-refractivity contribution in [2.24, 2.45) is 5.92 Å². The Balaban J connectivity index is 1.60. The lowest BCUT2D eigenvalue weighted by atomic mass is 9.77. The summed E-state index contributed by atoms with van der Waals surface area (Å²) in [6.45, 7) is 1.70. The zero-order valence-electron chi connectivity index (χ0n) is 14.2. The third-order valence-electron chi connectivity index (χ3n) is 4.80. The Kier molecular flexibility index (Phi) is 5.29. The summed E-state index contributed by atoms with van der Waals surface area (Å²) in [6.07, 6.45) is 2.84. The molecular weight excluding hydrogens is 381 g/mol. The number of nitrogens with zero attached hydrogens (tertiary/aromatic N) is 1. The van der Waals surface area contributed by atoms with E-state index in [1.807, 2.05) is 0 Å². The molecule has 1 aliphatic heterocycles. The molecule has 1 saturated carbocycles. The van der Waals surface area contributed by atoms with Gasteiger partial charge in [0.15, 0.2) is 6.61 Å². The standard InChI is InChI=1S/C17H19Cl2N3O4/c1-10-5-7-17(8-6-10)15(24)22(16(25)20-17)21-13(23)9-26-12-4-2-3-11(18)14(12)19/h2-4,10H,5-9H2,1H3,(H,20,25)(H,21,23). The number of carbonyl (C=O) groups is 3. The highest BCUT2D eigenvalue weighted by Gasteiger charge is 2.52. The minimum absolute atomic E-state index is 0.187. The maximum Gasteiger partial charge on any atom is 0.344 e. The van der Waals surface area contributed by atoms with E-state index >= 15 is 0 Å². The maximum atomic E-state index is 12.7. The average Bonchev–Trinajstić information content (AvgIpc) is 2.83. The first-order valence-electron chi connectivity index (χ1n) is 8.35. The fraction of sp³-hybridized carbons (Fsp3) is 0.471. The van der Waals surface area contributed by atoms with E-state index in [1.165, 1.54) is 0 Å². The van der Waals surface area contributed by atoms with Gasteiger partial charge < -0.3 is 10.1 Å². The van der Waals surface area contributed by atoms with Gasteiger partial charge in [0.1, 0.15) is 16.3 Å². The van der Waals surface area contributed by atoms with Crippen molar-refractivity contribution >= 4 is 41.0 Å². The van der Waals surface area contributed by atoms with Crippen LogP contribution >= 0.6 is 23.2 Å². The number of nitrogens with one attached hydrogen (secondary N) is 2. The molecule has 2 N–H and O–H groups in total. The maximum absolute atomic E-state index is 12.7. The van der Waals surface area contributed by atoms with Crippen molar-refractivity contribution in [2.75, 3.05) is 6.61 Å². The summed E-state index contributed by atoms with van der Waals surface area (Å²) in [5, 5.41) is 3.95. The van der Waals surface area contributed by atoms with Gasteiger partial charge in [0.05, 0.1) is 5.02 Å². The van der Waals surface area contributed by atoms with Gasteiger partial charge in [-0.05, 0) is 43.7 Å². The second-order valence-corrected chi connectivity index (χ2v) is 7.50. The number of halogens is 2. The van der Waals surface area contributed by atoms with Crippen molar-refractivity contribution in [1.29, 1.82) is 0 Å². The summed E-state index contributed by atoms with van der Waals surface area (Å²) in [5.74, 6) is -0.316. The highest BCUT2D eigenvalue weighted by molar-refractivity contribution is 6.42. The molecular formula is C17H19Cl2N3O4. The Morgan fingerprint density at radius 1 is 1.35 bits per heavy atom. The number of urea groups is 1. The predicted octanol–water partition coefficient (Wildman–Crippen LogP) is 2.90. The van der Waals surface area contributed by atoms with Crippen LogP contribution in [0.1, 0.15) is 32.6 Å². The van der Waals surface area contributed by atoms with Crippen LogP contribution in [0.25, 0.3) is 0 Å². The van der Waals surface area contributed by atoms with E-state index < -0.39 is 30.0 Å². The number of rotatable bonds is 4. The van der Waals surface area contributed by atoms with Crippen LogP contribution < -0.4 is 15.5 Å². The Hall–Kier alpha value is -1.99. The number of ether oxygens (including phenoxy) is 1. The van der Waals surface area contributed by atoms with E-state index in [2.05, 4.69) is 17.7 Å². The molecule has 2 aliphatic rings. The molecule has 140 valence electrons. The first-order chi connectivity index (χ1) is 12.3. The third-order valence-corrected chi connectivity index (χ3v) is 5.60. The molecule has 0 aromatic heterocycles. The Bertz CT molecular complexity index is 748. The number of benzene rings is 1. The first kappa shape index (κ1) is 18.8. The van der Waals surface area contributed by atoms with Crippen molar-refractivity contribution in [3.8, 4) is 5.75 Å². The Morgan fingerprint density at radius 3 is 2.73 bits per heavy atom. The van der Waals surface area contributed by atoms with E-state index in [9.17, 15) is 14.4 Å². The van der Waals surface area contributed by atoms with Crippen LogP contribution in [0, 0.1) is 5.92 Å². The minimum Gasteiger partial charge on any atom is -0.482 e. The van der Waals surface area contributed by atoms with Gasteiger partial charge in [0.25, 0.3) is 11.8 Å². The molecule has 0 bridgehead atoms. The summed E-state index contributed by atoms with van der Waals surface area (Å²) in [7, 11) is 0. The average molecular weight is 400 g/mol. The first-order valence-corrected chi connectivity index (χ1v) is 9.11. The molecule has 4 amide bonds. The lowest BCUT2D eigenvalue weighted by Gasteiger charge is -2.33. The molecule has 1 heterocycles. The van der Waals surface area contributed by atoms with E-state index in [4.69, 9.17) is 27.9 Å². The molecule has 26 heavy (non-hydrogen) atoms. The zero-order valence-corrected chi connectivity index (χ0v) is 15.7. The van der Waals surface area contributed by atoms with Gasteiger partial charge in [-0.25, -0.2) is 4.79 Å². The number of amides is 4. The van der Waals surface area contributed by atoms with Crippen molar-refractivity contribution in [1.82, 2.24) is 15.8 Å². The van der Waals surface area contributed by atoms with Gasteiger partial charge in [-0.1, -0.05) is 36.2 Å². The van der Waals surface area contributed by atoms with Gasteiger partial charge in [-0.3, -0.25) is 15.0 Å². The molecule has 1 aromatic rings. The smallest absolute Gasteiger partial charge is 0.344 e. The van der Waals surface area contributed by atoms with E-state index in [1.54, 1.807) is 18.2 Å². The van der Waals surface area contributed by atoms with Crippen LogP contribution in [0.2, 0.25) is 10.0 Å². The molecule has 9 heteroatoms. The van der Waals surface area contributed by atoms with E-state index in [-0.39, 0.29) is 10.8 Å². The molecule has 0 atom stereocenters. The predicted molar refractivity (Wildman–Crippen MR) is 95.8 cm³/mol. The zero-order chi connectivity index (χ0) is 18.9. The lowest BCUT2D eigenvalue weighted by molar-refractivity contribution is -0.140. The van der Waals surface area contributed by atoms with Crippen LogP contribution in [0.15, 0.2) is 18.2 Å². The molecule has 0 unspecified atom stereocenters. The van der Waals surface area contributed by atoms with Crippen LogP contribution in [0.4, 0.5) is 4.79 Å². The SMILES string of the molecule is CC1CCC2(CC1)NC(=O)N(NC(=O)COc1cccc(Cl)c1Cl)C2=O. The normalized spacial score (nSPS) is 25.3. The van der Waals surface area contributed by atoms with Crippen LogP contribution in [0.3, 0.4) is 0 Å². The molecule has 1 saturated heterocycles. The van der Waals surface area contributed by atoms with Crippen LogP contribution in [-0.4, -0.2) is 35.0 Å². The molecule has 1 spiro atoms. The summed E-state index contributed by atoms with van der Waals surface area (Å²) >= 11 is 11.9. The van der Waals surface area contributed by atoms with E-state index in [0.717, 1.165) is 17.9 Å². The fourth-order valence-electron chi connectivity index (χ4n) is 3.21. The highest BCUT2D eigenvalue weighted by Crippen LogP contribution is 2.36. The quantitative estimate of drug-likeness (QED) is 0.761. The molecule has 0 radical (unpaired) electrons.